The van der Waals surface area contributed by atoms with Crippen molar-refractivity contribution in [2.45, 2.75) is 19.2 Å². The summed E-state index contributed by atoms with van der Waals surface area (Å²) in [6.07, 6.45) is 1.63. The molecule has 3 heterocycles. The number of nitrogens with zero attached hydrogens (tertiary/aromatic N) is 2. The van der Waals surface area contributed by atoms with E-state index in [4.69, 9.17) is 14.6 Å². The summed E-state index contributed by atoms with van der Waals surface area (Å²) in [5.41, 5.74) is 6.86. The molecule has 0 bridgehead atoms. The van der Waals surface area contributed by atoms with Crippen LogP contribution >= 0.6 is 23.1 Å². The maximum atomic E-state index is 5.89. The van der Waals surface area contributed by atoms with Crippen molar-refractivity contribution in [3.8, 4) is 10.8 Å². The number of aromatic nitrogens is 1. The molecule has 0 saturated carbocycles. The number of furan rings is 2. The molecule has 0 spiro atoms. The number of amidine groups is 1. The fourth-order valence-electron chi connectivity index (χ4n) is 1.79. The molecule has 3 aromatic heterocycles. The smallest absolute Gasteiger partial charge is 0.162 e. The summed E-state index contributed by atoms with van der Waals surface area (Å²) in [4.78, 5) is 8.82. The lowest BCUT2D eigenvalue weighted by Gasteiger charge is -1.98. The molecule has 0 atom stereocenters. The van der Waals surface area contributed by atoms with E-state index in [1.807, 2.05) is 36.6 Å². The summed E-state index contributed by atoms with van der Waals surface area (Å²) < 4.78 is 10.8. The second-order valence-corrected chi connectivity index (χ2v) is 6.43. The van der Waals surface area contributed by atoms with Crippen LogP contribution in [0.4, 0.5) is 0 Å². The number of nitrogens with two attached hydrogens (primary N) is 1. The topological polar surface area (TPSA) is 77.5 Å². The van der Waals surface area contributed by atoms with E-state index in [0.717, 1.165) is 28.0 Å². The van der Waals surface area contributed by atoms with Crippen molar-refractivity contribution in [2.75, 3.05) is 0 Å². The first kappa shape index (κ1) is 14.9. The average Bonchev–Trinajstić information content (AvgIpc) is 3.24. The Kier molecular flexibility index (Phi) is 4.65. The van der Waals surface area contributed by atoms with Gasteiger partial charge < -0.3 is 14.6 Å². The van der Waals surface area contributed by atoms with Crippen LogP contribution < -0.4 is 5.73 Å². The zero-order valence-corrected chi connectivity index (χ0v) is 13.6. The molecule has 2 N–H and O–H groups in total. The molecule has 0 aliphatic carbocycles. The van der Waals surface area contributed by atoms with Crippen LogP contribution in [0.5, 0.6) is 0 Å². The van der Waals surface area contributed by atoms with Crippen LogP contribution in [0.3, 0.4) is 0 Å². The second-order valence-electron chi connectivity index (χ2n) is 4.58. The highest BCUT2D eigenvalue weighted by atomic mass is 32.2. The minimum atomic E-state index is 0.458. The normalized spacial score (nSPS) is 12.0. The zero-order chi connectivity index (χ0) is 15.4. The number of aryl methyl sites for hydroxylation is 1. The highest BCUT2D eigenvalue weighted by Gasteiger charge is 2.09. The molecule has 114 valence electrons. The van der Waals surface area contributed by atoms with Gasteiger partial charge in [-0.1, -0.05) is 11.8 Å². The SMILES string of the molecule is Cc1ccc(-c2nc(CSC(N)=NCc3ccco3)cs2)o1. The minimum Gasteiger partial charge on any atom is -0.467 e. The minimum absolute atomic E-state index is 0.458. The van der Waals surface area contributed by atoms with Crippen LogP contribution in [0.2, 0.25) is 0 Å². The lowest BCUT2D eigenvalue weighted by Crippen LogP contribution is -2.07. The third kappa shape index (κ3) is 3.80. The Balaban J connectivity index is 1.55. The van der Waals surface area contributed by atoms with Crippen molar-refractivity contribution < 1.29 is 8.83 Å². The largest absolute Gasteiger partial charge is 0.467 e. The Hall–Kier alpha value is -1.99. The third-order valence-electron chi connectivity index (χ3n) is 2.84. The predicted molar refractivity (Wildman–Crippen MR) is 89.9 cm³/mol. The first-order valence-corrected chi connectivity index (χ1v) is 8.53. The van der Waals surface area contributed by atoms with Crippen LogP contribution in [-0.4, -0.2) is 10.2 Å². The molecule has 22 heavy (non-hydrogen) atoms. The average molecular weight is 333 g/mol. The van der Waals surface area contributed by atoms with Crippen LogP contribution in [0, 0.1) is 6.92 Å². The van der Waals surface area contributed by atoms with Gasteiger partial charge in [-0.05, 0) is 31.2 Å². The zero-order valence-electron chi connectivity index (χ0n) is 12.0. The summed E-state index contributed by atoms with van der Waals surface area (Å²) in [6.45, 7) is 2.38. The van der Waals surface area contributed by atoms with Gasteiger partial charge >= 0.3 is 0 Å². The standard InChI is InChI=1S/C15H15N3O2S2/c1-10-4-5-13(20-10)14-18-11(8-21-14)9-22-15(16)17-7-12-3-2-6-19-12/h2-6,8H,7,9H2,1H3,(H2,16,17). The molecule has 7 heteroatoms. The predicted octanol–water partition coefficient (Wildman–Crippen LogP) is 4.05. The summed E-state index contributed by atoms with van der Waals surface area (Å²) in [5, 5.41) is 3.43. The van der Waals surface area contributed by atoms with Gasteiger partial charge in [-0.15, -0.1) is 11.3 Å². The van der Waals surface area contributed by atoms with Gasteiger partial charge in [0.15, 0.2) is 15.9 Å². The fraction of sp³-hybridized carbons (Fsp3) is 0.200. The molecule has 0 aromatic carbocycles. The van der Waals surface area contributed by atoms with Crippen molar-refractivity contribution in [1.29, 1.82) is 0 Å². The van der Waals surface area contributed by atoms with Gasteiger partial charge in [-0.3, -0.25) is 4.99 Å². The molecule has 0 unspecified atom stereocenters. The van der Waals surface area contributed by atoms with Crippen LogP contribution in [0.25, 0.3) is 10.8 Å². The molecule has 3 aromatic rings. The van der Waals surface area contributed by atoms with Crippen LogP contribution in [0.1, 0.15) is 17.2 Å². The van der Waals surface area contributed by atoms with Crippen molar-refractivity contribution >= 4 is 28.3 Å². The first-order valence-electron chi connectivity index (χ1n) is 6.67. The Morgan fingerprint density at radius 1 is 1.41 bits per heavy atom. The molecule has 0 radical (unpaired) electrons. The molecule has 0 aliphatic rings. The third-order valence-corrected chi connectivity index (χ3v) is 4.61. The number of hydrogen-bond acceptors (Lipinski definition) is 6. The fourth-order valence-corrected chi connectivity index (χ4v) is 3.27. The monoisotopic (exact) mass is 333 g/mol. The summed E-state index contributed by atoms with van der Waals surface area (Å²) >= 11 is 3.03. The van der Waals surface area contributed by atoms with E-state index >= 15 is 0 Å². The lowest BCUT2D eigenvalue weighted by atomic mass is 10.4. The molecule has 0 aliphatic heterocycles. The van der Waals surface area contributed by atoms with Crippen LogP contribution in [-0.2, 0) is 12.3 Å². The van der Waals surface area contributed by atoms with Crippen LogP contribution in [0.15, 0.2) is 49.7 Å². The number of aliphatic imine (C=N–C) groups is 1. The maximum Gasteiger partial charge on any atom is 0.162 e. The molecular formula is C15H15N3O2S2. The van der Waals surface area contributed by atoms with Crippen molar-refractivity contribution in [3.05, 3.63) is 53.1 Å². The molecule has 5 nitrogen and oxygen atoms in total. The Bertz CT molecular complexity index is 759. The van der Waals surface area contributed by atoms with E-state index in [1.54, 1.807) is 17.6 Å². The van der Waals surface area contributed by atoms with E-state index in [-0.39, 0.29) is 0 Å². The van der Waals surface area contributed by atoms with Gasteiger partial charge in [0.2, 0.25) is 0 Å². The Labute approximate surface area is 136 Å². The number of thioether (sulfide) groups is 1. The lowest BCUT2D eigenvalue weighted by molar-refractivity contribution is 0.513. The molecule has 0 fully saturated rings. The van der Waals surface area contributed by atoms with E-state index in [0.29, 0.717) is 17.5 Å². The van der Waals surface area contributed by atoms with Gasteiger partial charge in [0.05, 0.1) is 18.5 Å². The Morgan fingerprint density at radius 3 is 3.05 bits per heavy atom. The van der Waals surface area contributed by atoms with Gasteiger partial charge in [-0.2, -0.15) is 0 Å². The number of hydrogen-bond donors (Lipinski definition) is 1. The molecule has 0 amide bonds. The Morgan fingerprint density at radius 2 is 2.32 bits per heavy atom. The molecule has 3 rings (SSSR count). The van der Waals surface area contributed by atoms with E-state index in [1.165, 1.54) is 11.8 Å². The van der Waals surface area contributed by atoms with Gasteiger partial charge in [0, 0.05) is 11.1 Å². The number of thiazole rings is 1. The molecular weight excluding hydrogens is 318 g/mol. The molecule has 0 saturated heterocycles. The first-order chi connectivity index (χ1) is 10.7. The second kappa shape index (κ2) is 6.85. The summed E-state index contributed by atoms with van der Waals surface area (Å²) in [6, 6.07) is 7.58. The van der Waals surface area contributed by atoms with E-state index in [9.17, 15) is 0 Å². The van der Waals surface area contributed by atoms with Crippen molar-refractivity contribution in [2.24, 2.45) is 10.7 Å². The van der Waals surface area contributed by atoms with Gasteiger partial charge in [0.1, 0.15) is 11.5 Å². The quantitative estimate of drug-likeness (QED) is 0.563. The van der Waals surface area contributed by atoms with Gasteiger partial charge in [-0.25, -0.2) is 4.98 Å². The maximum absolute atomic E-state index is 5.89. The highest BCUT2D eigenvalue weighted by Crippen LogP contribution is 2.27. The van der Waals surface area contributed by atoms with E-state index in [2.05, 4.69) is 9.98 Å². The van der Waals surface area contributed by atoms with Gasteiger partial charge in [0.25, 0.3) is 0 Å². The van der Waals surface area contributed by atoms with Crippen molar-refractivity contribution in [3.63, 3.8) is 0 Å². The van der Waals surface area contributed by atoms with Crippen molar-refractivity contribution in [1.82, 2.24) is 4.98 Å². The summed E-state index contributed by atoms with van der Waals surface area (Å²) in [7, 11) is 0. The highest BCUT2D eigenvalue weighted by molar-refractivity contribution is 8.13. The number of rotatable bonds is 5. The summed E-state index contributed by atoms with van der Waals surface area (Å²) in [5.74, 6) is 3.17. The van der Waals surface area contributed by atoms with E-state index < -0.39 is 0 Å².